The van der Waals surface area contributed by atoms with Crippen LogP contribution >= 0.6 is 0 Å². The summed E-state index contributed by atoms with van der Waals surface area (Å²) in [5.74, 6) is -3.57. The predicted octanol–water partition coefficient (Wildman–Crippen LogP) is 1.41. The van der Waals surface area contributed by atoms with Crippen molar-refractivity contribution in [1.82, 2.24) is 15.0 Å². The average Bonchev–Trinajstić information content (AvgIpc) is 2.96. The van der Waals surface area contributed by atoms with Crippen molar-refractivity contribution < 1.29 is 29.7 Å². The maximum absolute atomic E-state index is 10.7. The minimum Gasteiger partial charge on any atom is -0.545 e. The second-order valence-electron chi connectivity index (χ2n) is 8.00. The molecule has 10 heteroatoms. The summed E-state index contributed by atoms with van der Waals surface area (Å²) >= 11 is 0. The summed E-state index contributed by atoms with van der Waals surface area (Å²) in [5, 5.41) is 34.4. The van der Waals surface area contributed by atoms with Crippen molar-refractivity contribution in [2.75, 3.05) is 0 Å². The number of carbonyl (C=O) groups is 3. The molecule has 0 fully saturated rings. The molecule has 9 nitrogen and oxygen atoms in total. The number of carboxylic acid groups (broad SMARTS) is 3. The number of nitrogens with zero attached hydrogens (tertiary/aromatic N) is 3. The van der Waals surface area contributed by atoms with Gasteiger partial charge in [0.2, 0.25) is 0 Å². The van der Waals surface area contributed by atoms with E-state index < -0.39 is 17.9 Å². The molecular weight excluding hydrogens is 707 g/mol. The van der Waals surface area contributed by atoms with E-state index in [1.165, 1.54) is 18.2 Å². The molecule has 3 heterocycles. The van der Waals surface area contributed by atoms with Crippen molar-refractivity contribution >= 4 is 76.8 Å². The van der Waals surface area contributed by atoms with Crippen molar-refractivity contribution in [3.63, 3.8) is 0 Å². The van der Waals surface area contributed by atoms with Gasteiger partial charge in [0.15, 0.2) is 0 Å². The van der Waals surface area contributed by atoms with Crippen molar-refractivity contribution in [2.45, 2.75) is 0 Å². The number of carboxylic acids is 3. The van der Waals surface area contributed by atoms with Crippen LogP contribution in [0.3, 0.4) is 0 Å². The summed E-state index contributed by atoms with van der Waals surface area (Å²) in [6.45, 7) is 0. The molecule has 0 aliphatic rings. The molecule has 0 bridgehead atoms. The second kappa shape index (κ2) is 13.8. The van der Waals surface area contributed by atoms with E-state index in [9.17, 15) is 29.7 Å². The van der Waals surface area contributed by atoms with Gasteiger partial charge in [-0.1, -0.05) is 72.8 Å². The van der Waals surface area contributed by atoms with Crippen LogP contribution in [0, 0.1) is 0 Å². The van der Waals surface area contributed by atoms with Crippen molar-refractivity contribution in [1.29, 1.82) is 0 Å². The molecule has 2 radical (unpaired) electrons. The fraction of sp³-hybridized carbons (Fsp3) is 0. The van der Waals surface area contributed by atoms with Gasteiger partial charge in [0.1, 0.15) is 0 Å². The first kappa shape index (κ1) is 29.7. The first-order valence-corrected chi connectivity index (χ1v) is 11.5. The number of pyridine rings is 3. The Labute approximate surface area is 246 Å². The van der Waals surface area contributed by atoms with Gasteiger partial charge in [-0.2, -0.15) is 0 Å². The Morgan fingerprint density at radius 1 is 0.425 bits per heavy atom. The Hall–Kier alpha value is -4.82. The number of benzene rings is 3. The summed E-state index contributed by atoms with van der Waals surface area (Å²) in [7, 11) is 0. The van der Waals surface area contributed by atoms with E-state index in [-0.39, 0.29) is 42.9 Å². The number of hydrogen-bond donors (Lipinski definition) is 0. The fourth-order valence-electron chi connectivity index (χ4n) is 3.81. The van der Waals surface area contributed by atoms with E-state index >= 15 is 0 Å². The van der Waals surface area contributed by atoms with Crippen LogP contribution in [0.25, 0.3) is 32.7 Å². The molecule has 0 saturated heterocycles. The van der Waals surface area contributed by atoms with Gasteiger partial charge in [-0.05, 0) is 18.2 Å². The maximum Gasteiger partial charge on any atom is 3.00 e. The molecule has 40 heavy (non-hydrogen) atoms. The number of aromatic nitrogens is 3. The molecule has 0 N–H and O–H groups in total. The first-order chi connectivity index (χ1) is 18.9. The molecule has 0 saturated carbocycles. The van der Waals surface area contributed by atoms with Crippen LogP contribution in [-0.2, 0) is 0 Å². The third kappa shape index (κ3) is 6.98. The molecule has 194 valence electrons. The maximum atomic E-state index is 10.7. The zero-order chi connectivity index (χ0) is 27.8. The standard InChI is InChI=1S/3C10H7NO2.Bi/c3*12-10(13)8-5-1-3-7-4-2-6-11-9(7)8;/h3*1-6H,(H,12,13);/q;;;+3/p-3. The minimum atomic E-state index is -1.19. The molecular formula is C30H18BiN3O6. The van der Waals surface area contributed by atoms with Gasteiger partial charge >= 0.3 is 26.2 Å². The first-order valence-electron chi connectivity index (χ1n) is 11.5. The van der Waals surface area contributed by atoms with Crippen LogP contribution in [0.2, 0.25) is 0 Å². The Kier molecular flexibility index (Phi) is 10.3. The van der Waals surface area contributed by atoms with Crippen LogP contribution in [-0.4, -0.2) is 59.1 Å². The van der Waals surface area contributed by atoms with E-state index in [1.54, 1.807) is 55.0 Å². The predicted molar refractivity (Wildman–Crippen MR) is 144 cm³/mol. The smallest absolute Gasteiger partial charge is 0.545 e. The topological polar surface area (TPSA) is 159 Å². The van der Waals surface area contributed by atoms with Gasteiger partial charge in [0.25, 0.3) is 0 Å². The number of fused-ring (bicyclic) bond motifs is 3. The van der Waals surface area contributed by atoms with Crippen molar-refractivity contribution in [3.05, 3.63) is 126 Å². The van der Waals surface area contributed by atoms with Crippen LogP contribution < -0.4 is 15.3 Å². The number of aromatic carboxylic acids is 3. The second-order valence-corrected chi connectivity index (χ2v) is 8.00. The van der Waals surface area contributed by atoms with Crippen LogP contribution in [0.4, 0.5) is 0 Å². The third-order valence-corrected chi connectivity index (χ3v) is 5.56. The molecule has 3 aromatic carbocycles. The van der Waals surface area contributed by atoms with Gasteiger partial charge in [-0.3, -0.25) is 15.0 Å². The summed E-state index contributed by atoms with van der Waals surface area (Å²) < 4.78 is 0. The van der Waals surface area contributed by atoms with E-state index in [4.69, 9.17) is 0 Å². The molecule has 6 rings (SSSR count). The van der Waals surface area contributed by atoms with Gasteiger partial charge in [-0.15, -0.1) is 0 Å². The summed E-state index contributed by atoms with van der Waals surface area (Å²) in [4.78, 5) is 43.9. The zero-order valence-corrected chi connectivity index (χ0v) is 24.1. The summed E-state index contributed by atoms with van der Waals surface area (Å²) in [5.41, 5.74) is 1.84. The Morgan fingerprint density at radius 3 is 0.925 bits per heavy atom. The number of para-hydroxylation sites is 3. The third-order valence-electron chi connectivity index (χ3n) is 5.56. The van der Waals surface area contributed by atoms with E-state index in [0.717, 1.165) is 16.2 Å². The zero-order valence-electron chi connectivity index (χ0n) is 20.6. The van der Waals surface area contributed by atoms with Crippen LogP contribution in [0.5, 0.6) is 0 Å². The van der Waals surface area contributed by atoms with Crippen LogP contribution in [0.1, 0.15) is 31.1 Å². The van der Waals surface area contributed by atoms with Crippen molar-refractivity contribution in [3.8, 4) is 0 Å². The van der Waals surface area contributed by atoms with Gasteiger partial charge < -0.3 is 29.7 Å². The Bertz CT molecular complexity index is 1600. The number of carbonyl (C=O) groups excluding carboxylic acids is 3. The number of rotatable bonds is 3. The fourth-order valence-corrected chi connectivity index (χ4v) is 3.81. The van der Waals surface area contributed by atoms with Crippen molar-refractivity contribution in [2.24, 2.45) is 0 Å². The van der Waals surface area contributed by atoms with Gasteiger partial charge in [0, 0.05) is 51.4 Å². The molecule has 0 aliphatic heterocycles. The van der Waals surface area contributed by atoms with Gasteiger partial charge in [-0.25, -0.2) is 0 Å². The molecule has 0 spiro atoms. The van der Waals surface area contributed by atoms with Gasteiger partial charge in [0.05, 0.1) is 34.5 Å². The molecule has 0 atom stereocenters. The molecule has 0 amide bonds. The van der Waals surface area contributed by atoms with E-state index in [1.807, 2.05) is 36.4 Å². The SMILES string of the molecule is O=C([O-])c1cccc2cccnc12.O=C([O-])c1cccc2cccnc12.O=C([O-])c1cccc2cccnc12.[Bi+3]. The summed E-state index contributed by atoms with van der Waals surface area (Å²) in [6, 6.07) is 25.7. The van der Waals surface area contributed by atoms with E-state index in [2.05, 4.69) is 15.0 Å². The monoisotopic (exact) mass is 725 g/mol. The molecule has 6 aromatic rings. The number of hydrogen-bond acceptors (Lipinski definition) is 9. The summed E-state index contributed by atoms with van der Waals surface area (Å²) in [6.07, 6.45) is 4.69. The molecule has 3 aromatic heterocycles. The Balaban J connectivity index is 0.000000163. The molecule has 0 unspecified atom stereocenters. The average molecular weight is 725 g/mol. The normalized spacial score (nSPS) is 9.90. The molecule has 0 aliphatic carbocycles. The van der Waals surface area contributed by atoms with Crippen LogP contribution in [0.15, 0.2) is 110 Å². The van der Waals surface area contributed by atoms with E-state index in [0.29, 0.717) is 16.6 Å². The minimum absolute atomic E-state index is 0. The largest absolute Gasteiger partial charge is 3.00 e. The quantitative estimate of drug-likeness (QED) is 0.246. The Morgan fingerprint density at radius 2 is 0.675 bits per heavy atom.